The number of amides is 2. The number of rotatable bonds is 5. The van der Waals surface area contributed by atoms with Crippen LogP contribution >= 0.6 is 0 Å². The molecule has 2 aromatic carbocycles. The average molecular weight is 370 g/mol. The Labute approximate surface area is 159 Å². The molecule has 6 nitrogen and oxygen atoms in total. The summed E-state index contributed by atoms with van der Waals surface area (Å²) in [6.07, 6.45) is 0. The molecule has 27 heavy (non-hydrogen) atoms. The Hall–Kier alpha value is -2.89. The standard InChI is InChI=1S/C21H26N2O4/c1-20(2,14-6-9-16(25-5)10-7-14)13-22-19(24)23-15-8-11-17-18(12-15)27-21(3,4)26-17/h6-12H,13H2,1-5H3,(H2,22,23,24). The molecule has 0 atom stereocenters. The van der Waals surface area contributed by atoms with E-state index in [1.807, 2.05) is 38.1 Å². The van der Waals surface area contributed by atoms with E-state index in [1.165, 1.54) is 0 Å². The van der Waals surface area contributed by atoms with E-state index in [0.717, 1.165) is 11.3 Å². The third-order valence-electron chi connectivity index (χ3n) is 4.48. The molecule has 2 aromatic rings. The van der Waals surface area contributed by atoms with Crippen LogP contribution in [0.25, 0.3) is 0 Å². The number of urea groups is 1. The molecule has 0 aromatic heterocycles. The van der Waals surface area contributed by atoms with E-state index >= 15 is 0 Å². The van der Waals surface area contributed by atoms with Crippen LogP contribution in [0.1, 0.15) is 33.3 Å². The zero-order valence-corrected chi connectivity index (χ0v) is 16.4. The first kappa shape index (κ1) is 18.9. The number of anilines is 1. The first-order chi connectivity index (χ1) is 12.7. The van der Waals surface area contributed by atoms with Crippen LogP contribution in [0.4, 0.5) is 10.5 Å². The van der Waals surface area contributed by atoms with Gasteiger partial charge in [-0.2, -0.15) is 0 Å². The van der Waals surface area contributed by atoms with Crippen LogP contribution < -0.4 is 24.8 Å². The van der Waals surface area contributed by atoms with Crippen LogP contribution in [0, 0.1) is 0 Å². The third-order valence-corrected chi connectivity index (χ3v) is 4.48. The van der Waals surface area contributed by atoms with Gasteiger partial charge in [0.15, 0.2) is 11.5 Å². The van der Waals surface area contributed by atoms with Crippen molar-refractivity contribution in [3.05, 3.63) is 48.0 Å². The SMILES string of the molecule is COc1ccc(C(C)(C)CNC(=O)Nc2ccc3c(c2)OC(C)(C)O3)cc1. The van der Waals surface area contributed by atoms with Gasteiger partial charge in [-0.25, -0.2) is 4.79 Å². The van der Waals surface area contributed by atoms with Gasteiger partial charge in [-0.15, -0.1) is 0 Å². The van der Waals surface area contributed by atoms with Crippen molar-refractivity contribution in [1.82, 2.24) is 5.32 Å². The van der Waals surface area contributed by atoms with Crippen molar-refractivity contribution in [3.63, 3.8) is 0 Å². The van der Waals surface area contributed by atoms with E-state index in [9.17, 15) is 4.79 Å². The number of methoxy groups -OCH3 is 1. The molecule has 0 radical (unpaired) electrons. The Bertz CT molecular complexity index is 829. The Kier molecular flexibility index (Phi) is 4.91. The molecule has 0 bridgehead atoms. The normalized spacial score (nSPS) is 14.6. The minimum Gasteiger partial charge on any atom is -0.497 e. The molecule has 1 aliphatic heterocycles. The molecule has 0 saturated heterocycles. The maximum Gasteiger partial charge on any atom is 0.319 e. The van der Waals surface area contributed by atoms with E-state index in [4.69, 9.17) is 14.2 Å². The molecular weight excluding hydrogens is 344 g/mol. The topological polar surface area (TPSA) is 68.8 Å². The van der Waals surface area contributed by atoms with E-state index in [0.29, 0.717) is 23.7 Å². The van der Waals surface area contributed by atoms with Crippen LogP contribution in [0.2, 0.25) is 0 Å². The summed E-state index contributed by atoms with van der Waals surface area (Å²) in [5, 5.41) is 5.76. The largest absolute Gasteiger partial charge is 0.497 e. The van der Waals surface area contributed by atoms with Crippen molar-refractivity contribution in [1.29, 1.82) is 0 Å². The lowest BCUT2D eigenvalue weighted by atomic mass is 9.84. The van der Waals surface area contributed by atoms with Gasteiger partial charge in [0, 0.05) is 37.6 Å². The minimum absolute atomic E-state index is 0.220. The van der Waals surface area contributed by atoms with E-state index in [2.05, 4.69) is 24.5 Å². The second kappa shape index (κ2) is 7.02. The van der Waals surface area contributed by atoms with Crippen LogP contribution in [0.15, 0.2) is 42.5 Å². The fourth-order valence-electron chi connectivity index (χ4n) is 2.92. The second-order valence-corrected chi connectivity index (χ2v) is 7.69. The Morgan fingerprint density at radius 1 is 1.07 bits per heavy atom. The number of ether oxygens (including phenoxy) is 3. The van der Waals surface area contributed by atoms with Gasteiger partial charge in [-0.3, -0.25) is 0 Å². The van der Waals surface area contributed by atoms with Crippen LogP contribution in [0.5, 0.6) is 17.2 Å². The molecule has 144 valence electrons. The molecule has 0 fully saturated rings. The minimum atomic E-state index is -0.689. The summed E-state index contributed by atoms with van der Waals surface area (Å²) in [6.45, 7) is 8.33. The summed E-state index contributed by atoms with van der Waals surface area (Å²) in [5.41, 5.74) is 1.55. The molecule has 3 rings (SSSR count). The highest BCUT2D eigenvalue weighted by atomic mass is 16.7. The molecule has 2 N–H and O–H groups in total. The van der Waals surface area contributed by atoms with Gasteiger partial charge < -0.3 is 24.8 Å². The lowest BCUT2D eigenvalue weighted by Crippen LogP contribution is -2.38. The van der Waals surface area contributed by atoms with Crippen LogP contribution in [0.3, 0.4) is 0 Å². The van der Waals surface area contributed by atoms with Crippen LogP contribution in [-0.4, -0.2) is 25.5 Å². The average Bonchev–Trinajstić information content (AvgIpc) is 2.93. The number of hydrogen-bond acceptors (Lipinski definition) is 4. The van der Waals surface area contributed by atoms with Gasteiger partial charge in [0.25, 0.3) is 0 Å². The van der Waals surface area contributed by atoms with Crippen molar-refractivity contribution in [2.45, 2.75) is 38.9 Å². The molecule has 0 spiro atoms. The Balaban J connectivity index is 1.58. The molecule has 1 heterocycles. The highest BCUT2D eigenvalue weighted by Gasteiger charge is 2.31. The summed E-state index contributed by atoms with van der Waals surface area (Å²) in [6, 6.07) is 12.9. The fraction of sp³-hybridized carbons (Fsp3) is 0.381. The summed E-state index contributed by atoms with van der Waals surface area (Å²) in [7, 11) is 1.64. The highest BCUT2D eigenvalue weighted by Crippen LogP contribution is 2.40. The second-order valence-electron chi connectivity index (χ2n) is 7.69. The van der Waals surface area contributed by atoms with Gasteiger partial charge in [0.1, 0.15) is 5.75 Å². The molecule has 6 heteroatoms. The van der Waals surface area contributed by atoms with Gasteiger partial charge in [0.05, 0.1) is 7.11 Å². The molecule has 2 amide bonds. The highest BCUT2D eigenvalue weighted by molar-refractivity contribution is 5.89. The summed E-state index contributed by atoms with van der Waals surface area (Å²) in [5.74, 6) is 1.42. The number of carbonyl (C=O) groups is 1. The Morgan fingerprint density at radius 3 is 2.41 bits per heavy atom. The Morgan fingerprint density at radius 2 is 1.74 bits per heavy atom. The maximum absolute atomic E-state index is 12.3. The summed E-state index contributed by atoms with van der Waals surface area (Å²) in [4.78, 5) is 12.3. The lowest BCUT2D eigenvalue weighted by Gasteiger charge is -2.26. The van der Waals surface area contributed by atoms with Crippen molar-refractivity contribution in [2.24, 2.45) is 0 Å². The zero-order chi connectivity index (χ0) is 19.7. The predicted molar refractivity (Wildman–Crippen MR) is 105 cm³/mol. The van der Waals surface area contributed by atoms with Gasteiger partial charge in [-0.05, 0) is 29.8 Å². The number of nitrogens with one attached hydrogen (secondary N) is 2. The van der Waals surface area contributed by atoms with Gasteiger partial charge >= 0.3 is 6.03 Å². The number of benzene rings is 2. The van der Waals surface area contributed by atoms with E-state index < -0.39 is 5.79 Å². The van der Waals surface area contributed by atoms with Gasteiger partial charge in [-0.1, -0.05) is 26.0 Å². The van der Waals surface area contributed by atoms with E-state index in [1.54, 1.807) is 25.3 Å². The lowest BCUT2D eigenvalue weighted by molar-refractivity contribution is -0.0431. The van der Waals surface area contributed by atoms with Crippen molar-refractivity contribution in [3.8, 4) is 17.2 Å². The summed E-state index contributed by atoms with van der Waals surface area (Å²) < 4.78 is 16.5. The molecule has 0 aliphatic carbocycles. The van der Waals surface area contributed by atoms with Crippen molar-refractivity contribution >= 4 is 11.7 Å². The molecule has 0 saturated carbocycles. The predicted octanol–water partition coefficient (Wildman–Crippen LogP) is 4.30. The van der Waals surface area contributed by atoms with E-state index in [-0.39, 0.29) is 11.4 Å². The molecular formula is C21H26N2O4. The number of fused-ring (bicyclic) bond motifs is 1. The monoisotopic (exact) mass is 370 g/mol. The number of hydrogen-bond donors (Lipinski definition) is 2. The first-order valence-corrected chi connectivity index (χ1v) is 8.90. The van der Waals surface area contributed by atoms with Crippen LogP contribution in [-0.2, 0) is 5.41 Å². The maximum atomic E-state index is 12.3. The molecule has 1 aliphatic rings. The summed E-state index contributed by atoms with van der Waals surface area (Å²) >= 11 is 0. The quantitative estimate of drug-likeness (QED) is 0.823. The first-order valence-electron chi connectivity index (χ1n) is 8.90. The number of carbonyl (C=O) groups excluding carboxylic acids is 1. The zero-order valence-electron chi connectivity index (χ0n) is 16.4. The third kappa shape index (κ3) is 4.45. The van der Waals surface area contributed by atoms with Crippen molar-refractivity contribution in [2.75, 3.05) is 19.0 Å². The fourth-order valence-corrected chi connectivity index (χ4v) is 2.92. The van der Waals surface area contributed by atoms with Gasteiger partial charge in [0.2, 0.25) is 5.79 Å². The smallest absolute Gasteiger partial charge is 0.319 e. The van der Waals surface area contributed by atoms with Crippen molar-refractivity contribution < 1.29 is 19.0 Å². The molecule has 0 unspecified atom stereocenters.